The zero-order valence-corrected chi connectivity index (χ0v) is 15.9. The van der Waals surface area contributed by atoms with Crippen molar-refractivity contribution >= 4 is 16.6 Å². The lowest BCUT2D eigenvalue weighted by Gasteiger charge is -2.43. The highest BCUT2D eigenvalue weighted by atomic mass is 19.4. The molecule has 3 aromatic rings. The van der Waals surface area contributed by atoms with E-state index in [2.05, 4.69) is 10.3 Å². The summed E-state index contributed by atoms with van der Waals surface area (Å²) in [6.45, 7) is 2.11. The molecular formula is C22H22F4N2O. The standard InChI is InChI=1S/C22H22F4N2O/c1-20(8-9-27-19-7-6-15(23)11-17(19)20)13-21(29,22(24,25)26)12-16-10-14-4-2-3-5-18(14)28-16/h2-7,10-11,27-29H,8-9,12-13H2,1H3. The number of rotatable bonds is 4. The Hall–Kier alpha value is -2.54. The minimum Gasteiger partial charge on any atom is -0.385 e. The molecule has 2 atom stereocenters. The summed E-state index contributed by atoms with van der Waals surface area (Å²) in [6.07, 6.45) is -5.64. The van der Waals surface area contributed by atoms with Crippen molar-refractivity contribution in [2.75, 3.05) is 11.9 Å². The van der Waals surface area contributed by atoms with E-state index >= 15 is 0 Å². The molecule has 1 aromatic heterocycles. The van der Waals surface area contributed by atoms with Gasteiger partial charge in [-0.2, -0.15) is 13.2 Å². The van der Waals surface area contributed by atoms with E-state index in [4.69, 9.17) is 0 Å². The van der Waals surface area contributed by atoms with Gasteiger partial charge in [0.1, 0.15) is 5.82 Å². The monoisotopic (exact) mass is 406 g/mol. The first-order chi connectivity index (χ1) is 13.6. The van der Waals surface area contributed by atoms with Gasteiger partial charge in [0.05, 0.1) is 0 Å². The summed E-state index contributed by atoms with van der Waals surface area (Å²) in [5.74, 6) is -0.509. The summed E-state index contributed by atoms with van der Waals surface area (Å²) in [7, 11) is 0. The lowest BCUT2D eigenvalue weighted by Crippen LogP contribution is -2.52. The molecule has 0 aliphatic carbocycles. The van der Waals surface area contributed by atoms with Gasteiger partial charge in [-0.3, -0.25) is 0 Å². The molecule has 0 spiro atoms. The number of para-hydroxylation sites is 1. The highest BCUT2D eigenvalue weighted by molar-refractivity contribution is 5.80. The van der Waals surface area contributed by atoms with Crippen LogP contribution in [0.3, 0.4) is 0 Å². The minimum atomic E-state index is -4.84. The topological polar surface area (TPSA) is 48.0 Å². The third-order valence-corrected chi connectivity index (χ3v) is 5.90. The Morgan fingerprint density at radius 3 is 2.59 bits per heavy atom. The van der Waals surface area contributed by atoms with Crippen LogP contribution in [0.5, 0.6) is 0 Å². The van der Waals surface area contributed by atoms with Crippen molar-refractivity contribution < 1.29 is 22.7 Å². The fourth-order valence-electron chi connectivity index (χ4n) is 4.41. The number of fused-ring (bicyclic) bond motifs is 2. The molecule has 4 rings (SSSR count). The normalized spacial score (nSPS) is 21.4. The smallest absolute Gasteiger partial charge is 0.385 e. The van der Waals surface area contributed by atoms with Crippen molar-refractivity contribution in [3.8, 4) is 0 Å². The Morgan fingerprint density at radius 1 is 1.10 bits per heavy atom. The third-order valence-electron chi connectivity index (χ3n) is 5.90. The second-order valence-corrected chi connectivity index (χ2v) is 8.19. The number of aliphatic hydroxyl groups is 1. The van der Waals surface area contributed by atoms with Crippen molar-refractivity contribution in [1.82, 2.24) is 4.98 Å². The third kappa shape index (κ3) is 3.59. The maximum Gasteiger partial charge on any atom is 0.417 e. The van der Waals surface area contributed by atoms with E-state index < -0.39 is 35.9 Å². The van der Waals surface area contributed by atoms with Crippen LogP contribution >= 0.6 is 0 Å². The van der Waals surface area contributed by atoms with Crippen LogP contribution < -0.4 is 5.32 Å². The first-order valence-electron chi connectivity index (χ1n) is 9.49. The molecule has 29 heavy (non-hydrogen) atoms. The van der Waals surface area contributed by atoms with Gasteiger partial charge >= 0.3 is 6.18 Å². The number of hydrogen-bond acceptors (Lipinski definition) is 2. The SMILES string of the molecule is CC1(CC(O)(Cc2cc3ccccc3[nH]2)C(F)(F)F)CCNc2ccc(F)cc21. The van der Waals surface area contributed by atoms with Gasteiger partial charge in [0.25, 0.3) is 0 Å². The molecule has 3 N–H and O–H groups in total. The second kappa shape index (κ2) is 6.76. The number of aromatic amines is 1. The largest absolute Gasteiger partial charge is 0.417 e. The molecule has 0 saturated carbocycles. The van der Waals surface area contributed by atoms with Gasteiger partial charge < -0.3 is 15.4 Å². The number of halogens is 4. The summed E-state index contributed by atoms with van der Waals surface area (Å²) in [4.78, 5) is 2.97. The summed E-state index contributed by atoms with van der Waals surface area (Å²) in [6, 6.07) is 12.9. The Labute approximate surface area is 165 Å². The first-order valence-corrected chi connectivity index (χ1v) is 9.49. The van der Waals surface area contributed by atoms with Crippen LogP contribution in [0.2, 0.25) is 0 Å². The number of aromatic nitrogens is 1. The molecule has 0 saturated heterocycles. The number of nitrogens with one attached hydrogen (secondary N) is 2. The average molecular weight is 406 g/mol. The Kier molecular flexibility index (Phi) is 4.61. The molecule has 2 heterocycles. The van der Waals surface area contributed by atoms with Crippen LogP contribution in [-0.2, 0) is 11.8 Å². The van der Waals surface area contributed by atoms with Crippen molar-refractivity contribution in [1.29, 1.82) is 0 Å². The molecule has 1 aliphatic heterocycles. The minimum absolute atomic E-state index is 0.308. The molecule has 0 radical (unpaired) electrons. The summed E-state index contributed by atoms with van der Waals surface area (Å²) < 4.78 is 56.1. The van der Waals surface area contributed by atoms with E-state index in [1.54, 1.807) is 37.3 Å². The van der Waals surface area contributed by atoms with Crippen LogP contribution in [0, 0.1) is 5.82 Å². The van der Waals surface area contributed by atoms with Crippen LogP contribution in [0.15, 0.2) is 48.5 Å². The van der Waals surface area contributed by atoms with Crippen LogP contribution in [0.1, 0.15) is 31.0 Å². The molecule has 7 heteroatoms. The molecule has 0 fully saturated rings. The predicted octanol–water partition coefficient (Wildman–Crippen LogP) is 5.31. The molecule has 2 unspecified atom stereocenters. The summed E-state index contributed by atoms with van der Waals surface area (Å²) in [5, 5.41) is 14.8. The van der Waals surface area contributed by atoms with Crippen LogP contribution in [-0.4, -0.2) is 28.4 Å². The van der Waals surface area contributed by atoms with E-state index in [0.29, 0.717) is 35.4 Å². The molecule has 0 bridgehead atoms. The zero-order chi connectivity index (χ0) is 20.9. The van der Waals surface area contributed by atoms with Gasteiger partial charge in [-0.1, -0.05) is 25.1 Å². The van der Waals surface area contributed by atoms with Crippen molar-refractivity contribution in [2.24, 2.45) is 0 Å². The van der Waals surface area contributed by atoms with Crippen molar-refractivity contribution in [3.05, 3.63) is 65.6 Å². The van der Waals surface area contributed by atoms with Gasteiger partial charge in [0.2, 0.25) is 0 Å². The fourth-order valence-corrected chi connectivity index (χ4v) is 4.41. The first kappa shape index (κ1) is 19.8. The maximum atomic E-state index is 14.1. The van der Waals surface area contributed by atoms with E-state index in [1.165, 1.54) is 18.2 Å². The number of hydrogen-bond donors (Lipinski definition) is 3. The Balaban J connectivity index is 1.72. The van der Waals surface area contributed by atoms with E-state index in [-0.39, 0.29) is 0 Å². The quantitative estimate of drug-likeness (QED) is 0.515. The van der Waals surface area contributed by atoms with E-state index in [1.807, 2.05) is 0 Å². The molecule has 3 nitrogen and oxygen atoms in total. The van der Waals surface area contributed by atoms with Gasteiger partial charge in [-0.25, -0.2) is 4.39 Å². The Morgan fingerprint density at radius 2 is 1.86 bits per heavy atom. The van der Waals surface area contributed by atoms with Crippen molar-refractivity contribution in [2.45, 2.75) is 43.4 Å². The molecule has 1 aliphatic rings. The molecule has 0 amide bonds. The van der Waals surface area contributed by atoms with Gasteiger partial charge in [0.15, 0.2) is 5.60 Å². The van der Waals surface area contributed by atoms with E-state index in [0.717, 1.165) is 5.39 Å². The number of anilines is 1. The molecule has 154 valence electrons. The lowest BCUT2D eigenvalue weighted by molar-refractivity contribution is -0.267. The van der Waals surface area contributed by atoms with Gasteiger partial charge in [0, 0.05) is 29.9 Å². The van der Waals surface area contributed by atoms with Crippen LogP contribution in [0.4, 0.5) is 23.2 Å². The summed E-state index contributed by atoms with van der Waals surface area (Å²) in [5.41, 5.74) is -1.89. The molecule has 2 aromatic carbocycles. The number of alkyl halides is 3. The highest BCUT2D eigenvalue weighted by Crippen LogP contribution is 2.47. The lowest BCUT2D eigenvalue weighted by atomic mass is 9.68. The Bertz CT molecular complexity index is 1010. The van der Waals surface area contributed by atoms with Gasteiger partial charge in [-0.05, 0) is 59.5 Å². The number of H-pyrrole nitrogens is 1. The van der Waals surface area contributed by atoms with Crippen molar-refractivity contribution in [3.63, 3.8) is 0 Å². The van der Waals surface area contributed by atoms with Gasteiger partial charge in [-0.15, -0.1) is 0 Å². The summed E-state index contributed by atoms with van der Waals surface area (Å²) >= 11 is 0. The second-order valence-electron chi connectivity index (χ2n) is 8.19. The van der Waals surface area contributed by atoms with E-state index in [9.17, 15) is 22.7 Å². The predicted molar refractivity (Wildman–Crippen MR) is 104 cm³/mol. The highest BCUT2D eigenvalue weighted by Gasteiger charge is 2.57. The zero-order valence-electron chi connectivity index (χ0n) is 15.9. The number of benzene rings is 2. The van der Waals surface area contributed by atoms with Crippen LogP contribution in [0.25, 0.3) is 10.9 Å². The fraction of sp³-hybridized carbons (Fsp3) is 0.364. The average Bonchev–Trinajstić information content (AvgIpc) is 3.03. The maximum absolute atomic E-state index is 14.1. The molecular weight excluding hydrogens is 384 g/mol.